The molecule has 0 saturated heterocycles. The van der Waals surface area contributed by atoms with Gasteiger partial charge in [-0.2, -0.15) is 0 Å². The predicted molar refractivity (Wildman–Crippen MR) is 114 cm³/mol. The van der Waals surface area contributed by atoms with Gasteiger partial charge in [0, 0.05) is 31.1 Å². The summed E-state index contributed by atoms with van der Waals surface area (Å²) in [6.45, 7) is 6.68. The van der Waals surface area contributed by atoms with E-state index in [1.54, 1.807) is 18.2 Å². The lowest BCUT2D eigenvalue weighted by Gasteiger charge is -2.38. The molecule has 5 nitrogen and oxygen atoms in total. The van der Waals surface area contributed by atoms with Crippen LogP contribution in [-0.4, -0.2) is 29.9 Å². The lowest BCUT2D eigenvalue weighted by molar-refractivity contribution is 0.0901. The molecule has 4 rings (SSSR count). The molecule has 150 valence electrons. The Hall–Kier alpha value is -2.92. The van der Waals surface area contributed by atoms with E-state index in [0.29, 0.717) is 18.0 Å². The largest absolute Gasteiger partial charge is 0.422 e. The molecule has 29 heavy (non-hydrogen) atoms. The van der Waals surface area contributed by atoms with Crippen molar-refractivity contribution in [2.24, 2.45) is 5.92 Å². The Morgan fingerprint density at radius 2 is 1.83 bits per heavy atom. The fraction of sp³-hybridized carbons (Fsp3) is 0.333. The molecule has 0 aliphatic carbocycles. The normalized spacial score (nSPS) is 15.3. The summed E-state index contributed by atoms with van der Waals surface area (Å²) in [5, 5.41) is 3.71. The van der Waals surface area contributed by atoms with Gasteiger partial charge >= 0.3 is 5.63 Å². The summed E-state index contributed by atoms with van der Waals surface area (Å²) < 4.78 is 5.30. The summed E-state index contributed by atoms with van der Waals surface area (Å²) >= 11 is 0. The first-order chi connectivity index (χ1) is 14.0. The van der Waals surface area contributed by atoms with Crippen LogP contribution in [-0.2, 0) is 13.0 Å². The molecule has 5 heteroatoms. The molecule has 2 aromatic carbocycles. The Kier molecular flexibility index (Phi) is 5.49. The molecular weight excluding hydrogens is 364 g/mol. The summed E-state index contributed by atoms with van der Waals surface area (Å²) in [7, 11) is 0. The van der Waals surface area contributed by atoms with Crippen LogP contribution in [0.25, 0.3) is 11.0 Å². The second-order valence-corrected chi connectivity index (χ2v) is 8.00. The van der Waals surface area contributed by atoms with Crippen LogP contribution in [0.15, 0.2) is 63.8 Å². The van der Waals surface area contributed by atoms with Gasteiger partial charge in [-0.05, 0) is 35.6 Å². The van der Waals surface area contributed by atoms with Gasteiger partial charge in [0.05, 0.1) is 0 Å². The van der Waals surface area contributed by atoms with Gasteiger partial charge in [0.1, 0.15) is 11.1 Å². The zero-order valence-corrected chi connectivity index (χ0v) is 16.9. The van der Waals surface area contributed by atoms with Crippen LogP contribution in [0.1, 0.15) is 35.3 Å². The number of nitrogens with one attached hydrogen (secondary N) is 1. The molecule has 1 aromatic heterocycles. The van der Waals surface area contributed by atoms with Crippen LogP contribution in [0.5, 0.6) is 0 Å². The molecule has 0 fully saturated rings. The van der Waals surface area contributed by atoms with Crippen LogP contribution >= 0.6 is 0 Å². The van der Waals surface area contributed by atoms with Gasteiger partial charge in [0.2, 0.25) is 0 Å². The lowest BCUT2D eigenvalue weighted by Crippen LogP contribution is -2.49. The fourth-order valence-corrected chi connectivity index (χ4v) is 4.10. The first kappa shape index (κ1) is 19.4. The van der Waals surface area contributed by atoms with E-state index < -0.39 is 5.63 Å². The summed E-state index contributed by atoms with van der Waals surface area (Å²) in [4.78, 5) is 27.4. The number of rotatable bonds is 5. The smallest absolute Gasteiger partial charge is 0.349 e. The standard InChI is InChI=1S/C24H26N2O3/c1-16(2)21(26-12-11-17-7-3-4-9-19(17)15-26)14-25-23(27)20-13-18-8-5-6-10-22(18)29-24(20)28/h3-10,13,16,21H,11-12,14-15H2,1-2H3,(H,25,27). The van der Waals surface area contributed by atoms with Crippen molar-refractivity contribution in [3.8, 4) is 0 Å². The Bertz CT molecular complexity index is 1090. The van der Waals surface area contributed by atoms with Crippen LogP contribution in [0, 0.1) is 5.92 Å². The molecule has 2 heterocycles. The van der Waals surface area contributed by atoms with Crippen molar-refractivity contribution in [3.05, 3.63) is 81.7 Å². The highest BCUT2D eigenvalue weighted by molar-refractivity contribution is 5.96. The average Bonchev–Trinajstić information content (AvgIpc) is 2.73. The van der Waals surface area contributed by atoms with E-state index in [4.69, 9.17) is 4.42 Å². The van der Waals surface area contributed by atoms with Gasteiger partial charge in [0.15, 0.2) is 0 Å². The molecule has 1 amide bonds. The van der Waals surface area contributed by atoms with Crippen LogP contribution in [0.2, 0.25) is 0 Å². The number of para-hydroxylation sites is 1. The number of hydrogen-bond acceptors (Lipinski definition) is 4. The van der Waals surface area contributed by atoms with E-state index >= 15 is 0 Å². The molecule has 1 atom stereocenters. The number of nitrogens with zero attached hydrogens (tertiary/aromatic N) is 1. The molecule has 1 aliphatic rings. The number of amides is 1. The summed E-state index contributed by atoms with van der Waals surface area (Å²) in [5.41, 5.74) is 2.69. The zero-order valence-electron chi connectivity index (χ0n) is 16.9. The molecule has 1 unspecified atom stereocenters. The first-order valence-electron chi connectivity index (χ1n) is 10.1. The maximum absolute atomic E-state index is 12.7. The number of fused-ring (bicyclic) bond motifs is 2. The highest BCUT2D eigenvalue weighted by Gasteiger charge is 2.26. The quantitative estimate of drug-likeness (QED) is 0.676. The average molecular weight is 390 g/mol. The third-order valence-electron chi connectivity index (χ3n) is 5.76. The van der Waals surface area contributed by atoms with Gasteiger partial charge in [-0.3, -0.25) is 9.69 Å². The van der Waals surface area contributed by atoms with Crippen molar-refractivity contribution in [1.82, 2.24) is 10.2 Å². The number of benzene rings is 2. The molecule has 0 radical (unpaired) electrons. The molecule has 0 saturated carbocycles. The molecule has 1 N–H and O–H groups in total. The Morgan fingerprint density at radius 1 is 1.10 bits per heavy atom. The molecule has 1 aliphatic heterocycles. The Morgan fingerprint density at radius 3 is 2.62 bits per heavy atom. The SMILES string of the molecule is CC(C)C(CNC(=O)c1cc2ccccc2oc1=O)N1CCc2ccccc2C1. The number of hydrogen-bond donors (Lipinski definition) is 1. The highest BCUT2D eigenvalue weighted by Crippen LogP contribution is 2.23. The minimum Gasteiger partial charge on any atom is -0.422 e. The monoisotopic (exact) mass is 390 g/mol. The van der Waals surface area contributed by atoms with Crippen molar-refractivity contribution < 1.29 is 9.21 Å². The van der Waals surface area contributed by atoms with Crippen molar-refractivity contribution in [2.75, 3.05) is 13.1 Å². The Balaban J connectivity index is 1.48. The Labute approximate surface area is 170 Å². The maximum atomic E-state index is 12.7. The van der Waals surface area contributed by atoms with Crippen molar-refractivity contribution in [1.29, 1.82) is 0 Å². The van der Waals surface area contributed by atoms with Gasteiger partial charge in [-0.1, -0.05) is 56.3 Å². The topological polar surface area (TPSA) is 62.6 Å². The third-order valence-corrected chi connectivity index (χ3v) is 5.76. The van der Waals surface area contributed by atoms with Gasteiger partial charge in [-0.25, -0.2) is 4.79 Å². The second-order valence-electron chi connectivity index (χ2n) is 8.00. The first-order valence-corrected chi connectivity index (χ1v) is 10.1. The van der Waals surface area contributed by atoms with Crippen molar-refractivity contribution in [2.45, 2.75) is 32.9 Å². The minimum atomic E-state index is -0.603. The summed E-state index contributed by atoms with van der Waals surface area (Å²) in [6, 6.07) is 17.5. The molecule has 3 aromatic rings. The van der Waals surface area contributed by atoms with Crippen LogP contribution in [0.3, 0.4) is 0 Å². The molecule has 0 bridgehead atoms. The minimum absolute atomic E-state index is 0.0511. The van der Waals surface area contributed by atoms with Gasteiger partial charge in [0.25, 0.3) is 5.91 Å². The zero-order chi connectivity index (χ0) is 20.4. The predicted octanol–water partition coefficient (Wildman–Crippen LogP) is 3.61. The number of carbonyl (C=O) groups is 1. The summed E-state index contributed by atoms with van der Waals surface area (Å²) in [6.07, 6.45) is 1.02. The fourth-order valence-electron chi connectivity index (χ4n) is 4.10. The van der Waals surface area contributed by atoms with Crippen LogP contribution in [0.4, 0.5) is 0 Å². The van der Waals surface area contributed by atoms with E-state index in [1.165, 1.54) is 11.1 Å². The van der Waals surface area contributed by atoms with Crippen LogP contribution < -0.4 is 10.9 Å². The third kappa shape index (κ3) is 4.10. The second kappa shape index (κ2) is 8.21. The van der Waals surface area contributed by atoms with Crippen molar-refractivity contribution >= 4 is 16.9 Å². The van der Waals surface area contributed by atoms with E-state index in [-0.39, 0.29) is 17.5 Å². The van der Waals surface area contributed by atoms with E-state index in [2.05, 4.69) is 48.3 Å². The van der Waals surface area contributed by atoms with Gasteiger partial charge in [-0.15, -0.1) is 0 Å². The van der Waals surface area contributed by atoms with E-state index in [9.17, 15) is 9.59 Å². The highest BCUT2D eigenvalue weighted by atomic mass is 16.4. The summed E-state index contributed by atoms with van der Waals surface area (Å²) in [5.74, 6) is -0.0128. The van der Waals surface area contributed by atoms with Crippen molar-refractivity contribution in [3.63, 3.8) is 0 Å². The molecular formula is C24H26N2O3. The lowest BCUT2D eigenvalue weighted by atomic mass is 9.95. The van der Waals surface area contributed by atoms with Gasteiger partial charge < -0.3 is 9.73 Å². The van der Waals surface area contributed by atoms with E-state index in [0.717, 1.165) is 24.9 Å². The maximum Gasteiger partial charge on any atom is 0.349 e. The van der Waals surface area contributed by atoms with E-state index in [1.807, 2.05) is 12.1 Å². The number of carbonyl (C=O) groups excluding carboxylic acids is 1. The molecule has 0 spiro atoms.